The predicted octanol–water partition coefficient (Wildman–Crippen LogP) is 2.51. The average Bonchev–Trinajstić information content (AvgIpc) is 2.90. The summed E-state index contributed by atoms with van der Waals surface area (Å²) >= 11 is 0. The highest BCUT2D eigenvalue weighted by atomic mass is 35.5. The summed E-state index contributed by atoms with van der Waals surface area (Å²) in [6, 6.07) is 7.06. The highest BCUT2D eigenvalue weighted by Gasteiger charge is 2.35. The fourth-order valence-corrected chi connectivity index (χ4v) is 2.53. The van der Waals surface area contributed by atoms with Crippen LogP contribution in [-0.2, 0) is 4.79 Å². The molecule has 1 aromatic carbocycles. The van der Waals surface area contributed by atoms with Gasteiger partial charge in [0.15, 0.2) is 0 Å². The molecule has 2 amide bonds. The van der Waals surface area contributed by atoms with Crippen molar-refractivity contribution in [2.24, 2.45) is 17.1 Å². The Morgan fingerprint density at radius 3 is 2.39 bits per heavy atom. The maximum absolute atomic E-state index is 12.5. The van der Waals surface area contributed by atoms with Crippen LogP contribution < -0.4 is 11.1 Å². The van der Waals surface area contributed by atoms with E-state index in [0.29, 0.717) is 24.3 Å². The molecule has 1 atom stereocenters. The summed E-state index contributed by atoms with van der Waals surface area (Å²) in [5.41, 5.74) is 7.16. The molecular formula is C17H26ClN3O2. The third-order valence-electron chi connectivity index (χ3n) is 4.26. The number of likely N-dealkylation sites (tertiary alicyclic amines) is 1. The average molecular weight is 340 g/mol. The third kappa shape index (κ3) is 4.69. The normalized spacial score (nSPS) is 20.3. The van der Waals surface area contributed by atoms with Crippen LogP contribution in [0.3, 0.4) is 0 Å². The molecule has 3 N–H and O–H groups in total. The van der Waals surface area contributed by atoms with Gasteiger partial charge in [0.2, 0.25) is 5.91 Å². The van der Waals surface area contributed by atoms with E-state index in [-0.39, 0.29) is 35.6 Å². The molecule has 0 spiro atoms. The van der Waals surface area contributed by atoms with Crippen molar-refractivity contribution in [3.05, 3.63) is 29.8 Å². The van der Waals surface area contributed by atoms with Gasteiger partial charge in [-0.3, -0.25) is 9.59 Å². The summed E-state index contributed by atoms with van der Waals surface area (Å²) in [5.74, 6) is -0.0731. The highest BCUT2D eigenvalue weighted by Crippen LogP contribution is 2.29. The van der Waals surface area contributed by atoms with Crippen molar-refractivity contribution in [1.29, 1.82) is 0 Å². The maximum Gasteiger partial charge on any atom is 0.253 e. The number of amides is 2. The second-order valence-corrected chi connectivity index (χ2v) is 6.71. The number of rotatable bonds is 4. The zero-order chi connectivity index (χ0) is 16.3. The van der Waals surface area contributed by atoms with Crippen molar-refractivity contribution < 1.29 is 9.59 Å². The van der Waals surface area contributed by atoms with Gasteiger partial charge in [-0.2, -0.15) is 0 Å². The lowest BCUT2D eigenvalue weighted by molar-refractivity contribution is -0.118. The minimum Gasteiger partial charge on any atom is -0.338 e. The number of nitrogens with zero attached hydrogens (tertiary/aromatic N) is 1. The van der Waals surface area contributed by atoms with Gasteiger partial charge in [-0.05, 0) is 42.6 Å². The molecule has 1 aliphatic heterocycles. The Bertz CT molecular complexity index is 559. The Balaban J connectivity index is 0.00000264. The SMILES string of the molecule is CC(C)C(=O)Nc1ccc(C(=O)N2CCC(C)(CN)C2)cc1.Cl. The van der Waals surface area contributed by atoms with E-state index in [1.54, 1.807) is 24.3 Å². The van der Waals surface area contributed by atoms with E-state index in [1.807, 2.05) is 18.7 Å². The quantitative estimate of drug-likeness (QED) is 0.885. The Morgan fingerprint density at radius 1 is 1.30 bits per heavy atom. The van der Waals surface area contributed by atoms with Gasteiger partial charge in [0.05, 0.1) is 0 Å². The van der Waals surface area contributed by atoms with E-state index in [1.165, 1.54) is 0 Å². The van der Waals surface area contributed by atoms with E-state index >= 15 is 0 Å². The molecule has 0 radical (unpaired) electrons. The molecule has 1 saturated heterocycles. The van der Waals surface area contributed by atoms with E-state index in [0.717, 1.165) is 13.0 Å². The van der Waals surface area contributed by atoms with Crippen LogP contribution in [0.4, 0.5) is 5.69 Å². The largest absolute Gasteiger partial charge is 0.338 e. The minimum absolute atomic E-state index is 0. The highest BCUT2D eigenvalue weighted by molar-refractivity contribution is 5.96. The molecule has 2 rings (SSSR count). The molecule has 23 heavy (non-hydrogen) atoms. The van der Waals surface area contributed by atoms with Crippen LogP contribution in [0.25, 0.3) is 0 Å². The number of hydrogen-bond donors (Lipinski definition) is 2. The van der Waals surface area contributed by atoms with Gasteiger partial charge in [0, 0.05) is 30.3 Å². The van der Waals surface area contributed by atoms with Crippen molar-refractivity contribution >= 4 is 29.9 Å². The number of benzene rings is 1. The van der Waals surface area contributed by atoms with E-state index in [9.17, 15) is 9.59 Å². The molecule has 0 aromatic heterocycles. The van der Waals surface area contributed by atoms with Crippen LogP contribution in [0.1, 0.15) is 37.6 Å². The number of nitrogens with two attached hydrogens (primary N) is 1. The number of anilines is 1. The van der Waals surface area contributed by atoms with Crippen molar-refractivity contribution in [2.75, 3.05) is 25.0 Å². The molecule has 1 unspecified atom stereocenters. The number of nitrogens with one attached hydrogen (secondary N) is 1. The lowest BCUT2D eigenvalue weighted by Gasteiger charge is -2.22. The Hall–Kier alpha value is -1.59. The molecule has 1 aliphatic rings. The minimum atomic E-state index is -0.0696. The first-order chi connectivity index (χ1) is 10.3. The van der Waals surface area contributed by atoms with E-state index in [4.69, 9.17) is 5.73 Å². The first-order valence-corrected chi connectivity index (χ1v) is 7.75. The predicted molar refractivity (Wildman–Crippen MR) is 94.8 cm³/mol. The van der Waals surface area contributed by atoms with Crippen molar-refractivity contribution in [1.82, 2.24) is 4.90 Å². The Kier molecular flexibility index (Phi) is 6.59. The number of carbonyl (C=O) groups excluding carboxylic acids is 2. The summed E-state index contributed by atoms with van der Waals surface area (Å²) in [6.07, 6.45) is 0.942. The third-order valence-corrected chi connectivity index (χ3v) is 4.26. The molecular weight excluding hydrogens is 314 g/mol. The summed E-state index contributed by atoms with van der Waals surface area (Å²) < 4.78 is 0. The molecule has 1 heterocycles. The van der Waals surface area contributed by atoms with Crippen LogP contribution in [0, 0.1) is 11.3 Å². The molecule has 1 aromatic rings. The first-order valence-electron chi connectivity index (χ1n) is 7.75. The number of carbonyl (C=O) groups is 2. The van der Waals surface area contributed by atoms with Gasteiger partial charge in [0.1, 0.15) is 0 Å². The van der Waals surface area contributed by atoms with Crippen molar-refractivity contribution in [2.45, 2.75) is 27.2 Å². The summed E-state index contributed by atoms with van der Waals surface area (Å²) in [5, 5.41) is 2.82. The van der Waals surface area contributed by atoms with Crippen LogP contribution in [0.2, 0.25) is 0 Å². The van der Waals surface area contributed by atoms with Crippen molar-refractivity contribution in [3.63, 3.8) is 0 Å². The molecule has 0 aliphatic carbocycles. The lowest BCUT2D eigenvalue weighted by atomic mass is 9.90. The second kappa shape index (κ2) is 7.79. The number of hydrogen-bond acceptors (Lipinski definition) is 3. The van der Waals surface area contributed by atoms with Gasteiger partial charge < -0.3 is 16.0 Å². The van der Waals surface area contributed by atoms with Crippen LogP contribution >= 0.6 is 12.4 Å². The smallest absolute Gasteiger partial charge is 0.253 e. The summed E-state index contributed by atoms with van der Waals surface area (Å²) in [4.78, 5) is 26.0. The van der Waals surface area contributed by atoms with Gasteiger partial charge in [-0.15, -0.1) is 12.4 Å². The molecule has 5 nitrogen and oxygen atoms in total. The van der Waals surface area contributed by atoms with Gasteiger partial charge in [0.25, 0.3) is 5.91 Å². The molecule has 1 fully saturated rings. The van der Waals surface area contributed by atoms with Crippen molar-refractivity contribution in [3.8, 4) is 0 Å². The Labute approximate surface area is 144 Å². The first kappa shape index (κ1) is 19.5. The standard InChI is InChI=1S/C17H25N3O2.ClH/c1-12(2)15(21)19-14-6-4-13(5-7-14)16(22)20-9-8-17(3,10-18)11-20;/h4-7,12H,8-11,18H2,1-3H3,(H,19,21);1H. The summed E-state index contributed by atoms with van der Waals surface area (Å²) in [6.45, 7) is 7.85. The topological polar surface area (TPSA) is 75.4 Å². The molecule has 0 saturated carbocycles. The molecule has 0 bridgehead atoms. The monoisotopic (exact) mass is 339 g/mol. The van der Waals surface area contributed by atoms with Gasteiger partial charge >= 0.3 is 0 Å². The molecule has 128 valence electrons. The fraction of sp³-hybridized carbons (Fsp3) is 0.529. The van der Waals surface area contributed by atoms with Crippen LogP contribution in [0.15, 0.2) is 24.3 Å². The molecule has 6 heteroatoms. The van der Waals surface area contributed by atoms with Gasteiger partial charge in [-0.1, -0.05) is 20.8 Å². The zero-order valence-electron chi connectivity index (χ0n) is 14.0. The lowest BCUT2D eigenvalue weighted by Crippen LogP contribution is -2.34. The Morgan fingerprint density at radius 2 is 1.91 bits per heavy atom. The second-order valence-electron chi connectivity index (χ2n) is 6.71. The van der Waals surface area contributed by atoms with Crippen LogP contribution in [0.5, 0.6) is 0 Å². The zero-order valence-corrected chi connectivity index (χ0v) is 14.8. The van der Waals surface area contributed by atoms with E-state index in [2.05, 4.69) is 12.2 Å². The number of halogens is 1. The maximum atomic E-state index is 12.5. The van der Waals surface area contributed by atoms with E-state index < -0.39 is 0 Å². The fourth-order valence-electron chi connectivity index (χ4n) is 2.53. The van der Waals surface area contributed by atoms with Crippen LogP contribution in [-0.4, -0.2) is 36.3 Å². The van der Waals surface area contributed by atoms with Gasteiger partial charge in [-0.25, -0.2) is 0 Å². The summed E-state index contributed by atoms with van der Waals surface area (Å²) in [7, 11) is 0.